The van der Waals surface area contributed by atoms with Crippen LogP contribution in [0.4, 0.5) is 0 Å². The molecule has 0 saturated carbocycles. The molecule has 21 heavy (non-hydrogen) atoms. The molecule has 4 nitrogen and oxygen atoms in total. The maximum atomic E-state index is 9.03. The smallest absolute Gasteiger partial charge is 0.144 e. The number of aryl methyl sites for hydroxylation is 1. The number of aromatic nitrogens is 1. The summed E-state index contributed by atoms with van der Waals surface area (Å²) in [7, 11) is 1.64. The van der Waals surface area contributed by atoms with Crippen LogP contribution in [-0.4, -0.2) is 11.7 Å². The topological polar surface area (TPSA) is 64.0 Å². The molecular formula is C17H19N3O. The zero-order chi connectivity index (χ0) is 15.0. The van der Waals surface area contributed by atoms with E-state index in [9.17, 15) is 0 Å². The van der Waals surface area contributed by atoms with Crippen molar-refractivity contribution in [3.8, 4) is 17.5 Å². The van der Waals surface area contributed by atoms with Gasteiger partial charge in [0.1, 0.15) is 5.75 Å². The Kier molecular flexibility index (Phi) is 3.44. The van der Waals surface area contributed by atoms with Crippen molar-refractivity contribution in [1.29, 1.82) is 5.26 Å². The predicted octanol–water partition coefficient (Wildman–Crippen LogP) is 3.00. The molecule has 1 aliphatic rings. The van der Waals surface area contributed by atoms with Crippen molar-refractivity contribution >= 4 is 0 Å². The van der Waals surface area contributed by atoms with Crippen molar-refractivity contribution in [3.05, 3.63) is 46.8 Å². The van der Waals surface area contributed by atoms with Gasteiger partial charge in [0.05, 0.1) is 24.4 Å². The molecule has 108 valence electrons. The first-order valence-corrected chi connectivity index (χ1v) is 7.21. The van der Waals surface area contributed by atoms with Gasteiger partial charge in [0, 0.05) is 23.5 Å². The number of nitrogens with two attached hydrogens (primary N) is 1. The Bertz CT molecular complexity index is 724. The number of nitrogens with zero attached hydrogens (tertiary/aromatic N) is 2. The Morgan fingerprint density at radius 3 is 2.90 bits per heavy atom. The molecule has 0 amide bonds. The number of hydrogen-bond donors (Lipinski definition) is 1. The number of benzene rings is 1. The summed E-state index contributed by atoms with van der Waals surface area (Å²) in [5.41, 5.74) is 11.5. The fraction of sp³-hybridized carbons (Fsp3) is 0.353. The molecule has 4 heteroatoms. The summed E-state index contributed by atoms with van der Waals surface area (Å²) in [6.07, 6.45) is 3.18. The minimum Gasteiger partial charge on any atom is -0.495 e. The summed E-state index contributed by atoms with van der Waals surface area (Å²) in [4.78, 5) is 0. The van der Waals surface area contributed by atoms with Crippen LogP contribution in [-0.2, 0) is 6.42 Å². The average Bonchev–Trinajstić information content (AvgIpc) is 2.84. The van der Waals surface area contributed by atoms with E-state index in [0.717, 1.165) is 36.4 Å². The van der Waals surface area contributed by atoms with E-state index >= 15 is 0 Å². The molecule has 2 N–H and O–H groups in total. The molecule has 1 aromatic carbocycles. The third-order valence-corrected chi connectivity index (χ3v) is 4.20. The van der Waals surface area contributed by atoms with Gasteiger partial charge in [0.25, 0.3) is 0 Å². The van der Waals surface area contributed by atoms with E-state index in [0.29, 0.717) is 5.56 Å². The monoisotopic (exact) mass is 281 g/mol. The summed E-state index contributed by atoms with van der Waals surface area (Å²) < 4.78 is 7.70. The number of methoxy groups -OCH3 is 1. The van der Waals surface area contributed by atoms with E-state index in [1.54, 1.807) is 13.2 Å². The Balaban J connectivity index is 2.20. The maximum absolute atomic E-state index is 9.03. The van der Waals surface area contributed by atoms with Gasteiger partial charge in [0.15, 0.2) is 0 Å². The molecule has 2 aromatic rings. The molecule has 3 rings (SSSR count). The van der Waals surface area contributed by atoms with Gasteiger partial charge in [-0.25, -0.2) is 0 Å². The maximum Gasteiger partial charge on any atom is 0.144 e. The van der Waals surface area contributed by atoms with Crippen LogP contribution in [0.5, 0.6) is 5.75 Å². The number of fused-ring (bicyclic) bond motifs is 1. The fourth-order valence-electron chi connectivity index (χ4n) is 3.20. The van der Waals surface area contributed by atoms with Crippen molar-refractivity contribution in [2.45, 2.75) is 32.2 Å². The van der Waals surface area contributed by atoms with Gasteiger partial charge in [0.2, 0.25) is 0 Å². The number of ether oxygens (including phenoxy) is 1. The van der Waals surface area contributed by atoms with Crippen LogP contribution in [0.1, 0.15) is 41.4 Å². The lowest BCUT2D eigenvalue weighted by Crippen LogP contribution is -2.18. The number of nitriles is 1. The van der Waals surface area contributed by atoms with E-state index in [2.05, 4.69) is 23.6 Å². The van der Waals surface area contributed by atoms with Crippen LogP contribution >= 0.6 is 0 Å². The molecule has 1 aromatic heterocycles. The lowest BCUT2D eigenvalue weighted by Gasteiger charge is -2.22. The first-order valence-electron chi connectivity index (χ1n) is 7.21. The van der Waals surface area contributed by atoms with E-state index in [4.69, 9.17) is 15.7 Å². The van der Waals surface area contributed by atoms with Crippen molar-refractivity contribution < 1.29 is 4.74 Å². The number of rotatable bonds is 2. The SMILES string of the molecule is COc1cc(C#N)ccc1-n1c(C)cc2c1CCCC2N. The lowest BCUT2D eigenvalue weighted by atomic mass is 9.93. The van der Waals surface area contributed by atoms with E-state index in [1.165, 1.54) is 11.3 Å². The molecule has 0 radical (unpaired) electrons. The largest absolute Gasteiger partial charge is 0.495 e. The lowest BCUT2D eigenvalue weighted by molar-refractivity contribution is 0.412. The third kappa shape index (κ3) is 2.20. The van der Waals surface area contributed by atoms with Crippen LogP contribution in [0, 0.1) is 18.3 Å². The van der Waals surface area contributed by atoms with E-state index in [1.807, 2.05) is 12.1 Å². The Hall–Kier alpha value is -2.25. The molecule has 1 unspecified atom stereocenters. The molecule has 1 aliphatic carbocycles. The fourth-order valence-corrected chi connectivity index (χ4v) is 3.20. The predicted molar refractivity (Wildman–Crippen MR) is 81.6 cm³/mol. The summed E-state index contributed by atoms with van der Waals surface area (Å²) in [6.45, 7) is 2.09. The average molecular weight is 281 g/mol. The first-order chi connectivity index (χ1) is 10.2. The third-order valence-electron chi connectivity index (χ3n) is 4.20. The Labute approximate surface area is 124 Å². The normalized spacial score (nSPS) is 17.1. The number of hydrogen-bond acceptors (Lipinski definition) is 3. The molecule has 1 heterocycles. The highest BCUT2D eigenvalue weighted by atomic mass is 16.5. The van der Waals surface area contributed by atoms with Crippen LogP contribution in [0.15, 0.2) is 24.3 Å². The summed E-state index contributed by atoms with van der Waals surface area (Å²) >= 11 is 0. The first kappa shape index (κ1) is 13.7. The Morgan fingerprint density at radius 1 is 1.38 bits per heavy atom. The van der Waals surface area contributed by atoms with Gasteiger partial charge < -0.3 is 15.0 Å². The van der Waals surface area contributed by atoms with Gasteiger partial charge in [-0.3, -0.25) is 0 Å². The molecule has 0 bridgehead atoms. The summed E-state index contributed by atoms with van der Waals surface area (Å²) in [5, 5.41) is 9.03. The Morgan fingerprint density at radius 2 is 2.19 bits per heavy atom. The van der Waals surface area contributed by atoms with Crippen LogP contribution in [0.2, 0.25) is 0 Å². The van der Waals surface area contributed by atoms with Gasteiger partial charge in [-0.2, -0.15) is 5.26 Å². The zero-order valence-corrected chi connectivity index (χ0v) is 12.4. The summed E-state index contributed by atoms with van der Waals surface area (Å²) in [5.74, 6) is 0.717. The van der Waals surface area contributed by atoms with Crippen molar-refractivity contribution in [2.75, 3.05) is 7.11 Å². The van der Waals surface area contributed by atoms with Gasteiger partial charge >= 0.3 is 0 Å². The highest BCUT2D eigenvalue weighted by Gasteiger charge is 2.24. The van der Waals surface area contributed by atoms with Gasteiger partial charge in [-0.15, -0.1) is 0 Å². The van der Waals surface area contributed by atoms with Crippen LogP contribution in [0.25, 0.3) is 5.69 Å². The van der Waals surface area contributed by atoms with Gasteiger partial charge in [-0.05, 0) is 49.9 Å². The molecule has 1 atom stereocenters. The van der Waals surface area contributed by atoms with Crippen molar-refractivity contribution in [1.82, 2.24) is 4.57 Å². The molecule has 0 fully saturated rings. The minimum atomic E-state index is 0.123. The molecular weight excluding hydrogens is 262 g/mol. The molecule has 0 spiro atoms. The van der Waals surface area contributed by atoms with Gasteiger partial charge in [-0.1, -0.05) is 0 Å². The quantitative estimate of drug-likeness (QED) is 0.920. The highest BCUT2D eigenvalue weighted by molar-refractivity contribution is 5.55. The van der Waals surface area contributed by atoms with E-state index in [-0.39, 0.29) is 6.04 Å². The molecule has 0 saturated heterocycles. The second kappa shape index (κ2) is 5.27. The molecule has 0 aliphatic heterocycles. The van der Waals surface area contributed by atoms with E-state index < -0.39 is 0 Å². The van der Waals surface area contributed by atoms with Crippen LogP contribution in [0.3, 0.4) is 0 Å². The minimum absolute atomic E-state index is 0.123. The standard InChI is InChI=1S/C17H19N3O/c1-11-8-13-14(19)4-3-5-15(13)20(11)16-7-6-12(10-18)9-17(16)21-2/h6-9,14H,3-5,19H2,1-2H3. The second-order valence-electron chi connectivity index (χ2n) is 5.52. The van der Waals surface area contributed by atoms with Crippen molar-refractivity contribution in [3.63, 3.8) is 0 Å². The van der Waals surface area contributed by atoms with Crippen molar-refractivity contribution in [2.24, 2.45) is 5.73 Å². The highest BCUT2D eigenvalue weighted by Crippen LogP contribution is 2.35. The van der Waals surface area contributed by atoms with Crippen LogP contribution < -0.4 is 10.5 Å². The zero-order valence-electron chi connectivity index (χ0n) is 12.4. The summed E-state index contributed by atoms with van der Waals surface area (Å²) in [6, 6.07) is 10.0. The second-order valence-corrected chi connectivity index (χ2v) is 5.52.